The third-order valence-corrected chi connectivity index (χ3v) is 2.82. The molecule has 19 heavy (non-hydrogen) atoms. The van der Waals surface area contributed by atoms with E-state index in [0.717, 1.165) is 11.4 Å². The highest BCUT2D eigenvalue weighted by Gasteiger charge is 2.10. The summed E-state index contributed by atoms with van der Waals surface area (Å²) in [5.74, 6) is 1.36. The van der Waals surface area contributed by atoms with Crippen molar-refractivity contribution in [3.63, 3.8) is 0 Å². The summed E-state index contributed by atoms with van der Waals surface area (Å²) in [4.78, 5) is 18.1. The molecule has 0 aliphatic rings. The van der Waals surface area contributed by atoms with Crippen molar-refractivity contribution in [1.82, 2.24) is 10.3 Å². The van der Waals surface area contributed by atoms with Crippen molar-refractivity contribution in [2.75, 3.05) is 19.0 Å². The van der Waals surface area contributed by atoms with Crippen LogP contribution >= 0.6 is 0 Å². The van der Waals surface area contributed by atoms with E-state index in [9.17, 15) is 4.79 Å². The van der Waals surface area contributed by atoms with E-state index in [-0.39, 0.29) is 5.91 Å². The Morgan fingerprint density at radius 3 is 2.84 bits per heavy atom. The van der Waals surface area contributed by atoms with E-state index in [4.69, 9.17) is 4.42 Å². The number of pyridine rings is 1. The van der Waals surface area contributed by atoms with E-state index >= 15 is 0 Å². The molecule has 0 radical (unpaired) electrons. The van der Waals surface area contributed by atoms with E-state index in [1.54, 1.807) is 19.2 Å². The highest BCUT2D eigenvalue weighted by atomic mass is 16.3. The summed E-state index contributed by atoms with van der Waals surface area (Å²) >= 11 is 0. The number of amides is 1. The van der Waals surface area contributed by atoms with Crippen molar-refractivity contribution in [3.8, 4) is 0 Å². The summed E-state index contributed by atoms with van der Waals surface area (Å²) in [6.07, 6.45) is 3.25. The number of carbonyl (C=O) groups excluding carboxylic acids is 1. The number of hydrogen-bond donors (Lipinski definition) is 1. The average Bonchev–Trinajstić information content (AvgIpc) is 2.82. The minimum atomic E-state index is -0.130. The minimum Gasteiger partial charge on any atom is -0.469 e. The van der Waals surface area contributed by atoms with Gasteiger partial charge in [-0.05, 0) is 30.7 Å². The molecule has 5 nitrogen and oxygen atoms in total. The van der Waals surface area contributed by atoms with Crippen LogP contribution in [0.5, 0.6) is 0 Å². The van der Waals surface area contributed by atoms with Crippen molar-refractivity contribution in [2.24, 2.45) is 0 Å². The van der Waals surface area contributed by atoms with Gasteiger partial charge in [-0.1, -0.05) is 0 Å². The van der Waals surface area contributed by atoms with Gasteiger partial charge in [0.2, 0.25) is 0 Å². The average molecular weight is 259 g/mol. The zero-order valence-electron chi connectivity index (χ0n) is 11.3. The van der Waals surface area contributed by atoms with E-state index in [2.05, 4.69) is 10.3 Å². The second-order valence-electron chi connectivity index (χ2n) is 4.49. The second kappa shape index (κ2) is 5.56. The van der Waals surface area contributed by atoms with Crippen LogP contribution in [-0.2, 0) is 6.54 Å². The third-order valence-electron chi connectivity index (χ3n) is 2.82. The van der Waals surface area contributed by atoms with Gasteiger partial charge in [0.15, 0.2) is 0 Å². The summed E-state index contributed by atoms with van der Waals surface area (Å²) in [6.45, 7) is 2.23. The number of aromatic nitrogens is 1. The number of nitrogens with one attached hydrogen (secondary N) is 1. The first-order valence-corrected chi connectivity index (χ1v) is 6.02. The SMILES string of the molecule is Cc1occc1C(=O)NCc1ccnc(N(C)C)c1. The predicted molar refractivity (Wildman–Crippen MR) is 73.2 cm³/mol. The molecule has 2 aromatic heterocycles. The van der Waals surface area contributed by atoms with Crippen LogP contribution in [0.2, 0.25) is 0 Å². The molecule has 0 aliphatic carbocycles. The fraction of sp³-hybridized carbons (Fsp3) is 0.286. The van der Waals surface area contributed by atoms with Gasteiger partial charge in [-0.15, -0.1) is 0 Å². The monoisotopic (exact) mass is 259 g/mol. The maximum absolute atomic E-state index is 11.9. The maximum atomic E-state index is 11.9. The molecule has 0 spiro atoms. The maximum Gasteiger partial charge on any atom is 0.255 e. The van der Waals surface area contributed by atoms with E-state index in [0.29, 0.717) is 17.9 Å². The highest BCUT2D eigenvalue weighted by Crippen LogP contribution is 2.11. The lowest BCUT2D eigenvalue weighted by atomic mass is 10.2. The fourth-order valence-corrected chi connectivity index (χ4v) is 1.71. The zero-order chi connectivity index (χ0) is 13.8. The van der Waals surface area contributed by atoms with Crippen LogP contribution in [-0.4, -0.2) is 25.0 Å². The standard InChI is InChI=1S/C14H17N3O2/c1-10-12(5-7-19-10)14(18)16-9-11-4-6-15-13(8-11)17(2)3/h4-8H,9H2,1-3H3,(H,16,18). The van der Waals surface area contributed by atoms with Gasteiger partial charge in [0, 0.05) is 26.8 Å². The lowest BCUT2D eigenvalue weighted by Crippen LogP contribution is -2.23. The van der Waals surface area contributed by atoms with Crippen molar-refractivity contribution in [1.29, 1.82) is 0 Å². The molecule has 2 heterocycles. The Balaban J connectivity index is 2.01. The summed E-state index contributed by atoms with van der Waals surface area (Å²) in [7, 11) is 3.86. The molecule has 2 rings (SSSR count). The number of hydrogen-bond acceptors (Lipinski definition) is 4. The molecule has 0 atom stereocenters. The first kappa shape index (κ1) is 13.1. The van der Waals surface area contributed by atoms with Crippen LogP contribution < -0.4 is 10.2 Å². The molecule has 0 aliphatic heterocycles. The molecule has 1 N–H and O–H groups in total. The van der Waals surface area contributed by atoms with Gasteiger partial charge in [-0.3, -0.25) is 4.79 Å². The van der Waals surface area contributed by atoms with Crippen LogP contribution in [0.15, 0.2) is 35.1 Å². The van der Waals surface area contributed by atoms with Gasteiger partial charge in [0.1, 0.15) is 11.6 Å². The number of nitrogens with zero attached hydrogens (tertiary/aromatic N) is 2. The molecule has 100 valence electrons. The number of carbonyl (C=O) groups is 1. The van der Waals surface area contributed by atoms with Crippen molar-refractivity contribution < 1.29 is 9.21 Å². The number of furan rings is 1. The highest BCUT2D eigenvalue weighted by molar-refractivity contribution is 5.94. The smallest absolute Gasteiger partial charge is 0.255 e. The topological polar surface area (TPSA) is 58.4 Å². The normalized spacial score (nSPS) is 10.3. The number of rotatable bonds is 4. The molecule has 0 unspecified atom stereocenters. The van der Waals surface area contributed by atoms with Crippen molar-refractivity contribution in [2.45, 2.75) is 13.5 Å². The van der Waals surface area contributed by atoms with Gasteiger partial charge in [-0.2, -0.15) is 0 Å². The second-order valence-corrected chi connectivity index (χ2v) is 4.49. The molecular formula is C14H17N3O2. The van der Waals surface area contributed by atoms with Crippen LogP contribution in [0.25, 0.3) is 0 Å². The van der Waals surface area contributed by atoms with Crippen LogP contribution in [0.3, 0.4) is 0 Å². The summed E-state index contributed by atoms with van der Waals surface area (Å²) in [6, 6.07) is 5.50. The lowest BCUT2D eigenvalue weighted by molar-refractivity contribution is 0.0949. The van der Waals surface area contributed by atoms with Gasteiger partial charge < -0.3 is 14.6 Å². The minimum absolute atomic E-state index is 0.130. The molecule has 5 heteroatoms. The fourth-order valence-electron chi connectivity index (χ4n) is 1.71. The largest absolute Gasteiger partial charge is 0.469 e. The van der Waals surface area contributed by atoms with Gasteiger partial charge in [0.25, 0.3) is 5.91 Å². The van der Waals surface area contributed by atoms with E-state index in [1.165, 1.54) is 6.26 Å². The quantitative estimate of drug-likeness (QED) is 0.912. The Morgan fingerprint density at radius 2 is 2.21 bits per heavy atom. The van der Waals surface area contributed by atoms with Crippen LogP contribution in [0.1, 0.15) is 21.7 Å². The molecule has 0 bridgehead atoms. The Bertz CT molecular complexity index is 576. The zero-order valence-corrected chi connectivity index (χ0v) is 11.3. The van der Waals surface area contributed by atoms with Gasteiger partial charge >= 0.3 is 0 Å². The Morgan fingerprint density at radius 1 is 1.42 bits per heavy atom. The predicted octanol–water partition coefficient (Wildman–Crippen LogP) is 1.98. The van der Waals surface area contributed by atoms with Crippen molar-refractivity contribution >= 4 is 11.7 Å². The summed E-state index contributed by atoms with van der Waals surface area (Å²) in [5, 5.41) is 2.86. The molecule has 0 saturated carbocycles. The summed E-state index contributed by atoms with van der Waals surface area (Å²) < 4.78 is 5.11. The Labute approximate surface area is 112 Å². The first-order valence-electron chi connectivity index (χ1n) is 6.02. The van der Waals surface area contributed by atoms with Gasteiger partial charge in [0.05, 0.1) is 11.8 Å². The third kappa shape index (κ3) is 3.13. The van der Waals surface area contributed by atoms with E-state index in [1.807, 2.05) is 31.1 Å². The number of anilines is 1. The molecular weight excluding hydrogens is 242 g/mol. The van der Waals surface area contributed by atoms with Gasteiger partial charge in [-0.25, -0.2) is 4.98 Å². The van der Waals surface area contributed by atoms with Crippen LogP contribution in [0, 0.1) is 6.92 Å². The summed E-state index contributed by atoms with van der Waals surface area (Å²) in [5.41, 5.74) is 1.58. The van der Waals surface area contributed by atoms with Crippen molar-refractivity contribution in [3.05, 3.63) is 47.5 Å². The van der Waals surface area contributed by atoms with Crippen LogP contribution in [0.4, 0.5) is 5.82 Å². The number of aryl methyl sites for hydroxylation is 1. The Hall–Kier alpha value is -2.30. The molecule has 2 aromatic rings. The molecule has 1 amide bonds. The van der Waals surface area contributed by atoms with E-state index < -0.39 is 0 Å². The molecule has 0 saturated heterocycles. The lowest BCUT2D eigenvalue weighted by Gasteiger charge is -2.12. The molecule has 0 aromatic carbocycles. The Kier molecular flexibility index (Phi) is 3.85. The molecule has 0 fully saturated rings. The first-order chi connectivity index (χ1) is 9.08.